The van der Waals surface area contributed by atoms with E-state index in [1.165, 1.54) is 18.2 Å². The van der Waals surface area contributed by atoms with Crippen molar-refractivity contribution in [3.8, 4) is 0 Å². The lowest BCUT2D eigenvalue weighted by atomic mass is 10.1. The minimum Gasteiger partial charge on any atom is -0.478 e. The van der Waals surface area contributed by atoms with E-state index in [2.05, 4.69) is 15.5 Å². The highest BCUT2D eigenvalue weighted by Crippen LogP contribution is 2.11. The van der Waals surface area contributed by atoms with Crippen LogP contribution in [0.15, 0.2) is 34.4 Å². The number of carboxylic acid groups (broad SMARTS) is 1. The van der Waals surface area contributed by atoms with Crippen LogP contribution in [0.4, 0.5) is 0 Å². The maximum Gasteiger partial charge on any atom is 0.345 e. The number of benzene rings is 1. The first-order valence-electron chi connectivity index (χ1n) is 5.52. The van der Waals surface area contributed by atoms with Crippen molar-refractivity contribution in [1.82, 2.24) is 5.43 Å². The third kappa shape index (κ3) is 2.76. The maximum absolute atomic E-state index is 11.9. The van der Waals surface area contributed by atoms with Crippen molar-refractivity contribution >= 4 is 23.8 Å². The zero-order chi connectivity index (χ0) is 13.8. The Morgan fingerprint density at radius 3 is 2.58 bits per heavy atom. The Balaban J connectivity index is 2.22. The molecule has 7 heteroatoms. The number of carbonyl (C=O) groups excluding carboxylic acids is 1. The summed E-state index contributed by atoms with van der Waals surface area (Å²) < 4.78 is 5.07. The van der Waals surface area contributed by atoms with E-state index < -0.39 is 11.9 Å². The Morgan fingerprint density at radius 2 is 2.00 bits per heavy atom. The molecule has 19 heavy (non-hydrogen) atoms. The second-order valence-corrected chi connectivity index (χ2v) is 3.60. The van der Waals surface area contributed by atoms with Crippen LogP contribution in [0.5, 0.6) is 0 Å². The number of amidine groups is 1. The Morgan fingerprint density at radius 1 is 1.32 bits per heavy atom. The smallest absolute Gasteiger partial charge is 0.345 e. The SMILES string of the molecule is CCC1=N[N]C(=NC(=O)c2ccccc2C(=O)O)O1. The largest absolute Gasteiger partial charge is 0.478 e. The molecular formula is C12H10N3O4. The van der Waals surface area contributed by atoms with Gasteiger partial charge in [-0.1, -0.05) is 24.5 Å². The quantitative estimate of drug-likeness (QED) is 0.882. The summed E-state index contributed by atoms with van der Waals surface area (Å²) in [6.07, 6.45) is 0.530. The molecule has 0 saturated heterocycles. The highest BCUT2D eigenvalue weighted by molar-refractivity contribution is 6.09. The van der Waals surface area contributed by atoms with Crippen molar-refractivity contribution in [3.63, 3.8) is 0 Å². The lowest BCUT2D eigenvalue weighted by Crippen LogP contribution is -2.13. The molecule has 0 aliphatic carbocycles. The molecule has 1 amide bonds. The van der Waals surface area contributed by atoms with Gasteiger partial charge in [0.15, 0.2) is 0 Å². The predicted octanol–water partition coefficient (Wildman–Crippen LogP) is 1.24. The number of carbonyl (C=O) groups is 2. The number of aromatic carboxylic acids is 1. The molecule has 0 saturated carbocycles. The van der Waals surface area contributed by atoms with Crippen LogP contribution < -0.4 is 5.43 Å². The Hall–Kier alpha value is -2.70. The summed E-state index contributed by atoms with van der Waals surface area (Å²) in [5.74, 6) is -1.57. The van der Waals surface area contributed by atoms with E-state index in [9.17, 15) is 9.59 Å². The van der Waals surface area contributed by atoms with Crippen LogP contribution >= 0.6 is 0 Å². The van der Waals surface area contributed by atoms with Gasteiger partial charge < -0.3 is 9.84 Å². The van der Waals surface area contributed by atoms with E-state index in [-0.39, 0.29) is 17.1 Å². The summed E-state index contributed by atoms with van der Waals surface area (Å²) in [6.45, 7) is 1.82. The fraction of sp³-hybridized carbons (Fsp3) is 0.167. The van der Waals surface area contributed by atoms with Gasteiger partial charge in [0.1, 0.15) is 0 Å². The van der Waals surface area contributed by atoms with Crippen LogP contribution in [0.25, 0.3) is 0 Å². The Kier molecular flexibility index (Phi) is 3.56. The lowest BCUT2D eigenvalue weighted by Gasteiger charge is -2.01. The molecule has 2 rings (SSSR count). The minimum atomic E-state index is -1.20. The normalized spacial score (nSPS) is 15.6. The third-order valence-corrected chi connectivity index (χ3v) is 2.34. The summed E-state index contributed by atoms with van der Waals surface area (Å²) in [6, 6.07) is 5.62. The first-order chi connectivity index (χ1) is 9.11. The molecule has 1 aliphatic rings. The number of nitrogens with zero attached hydrogens (tertiary/aromatic N) is 3. The van der Waals surface area contributed by atoms with Crippen LogP contribution in [0.1, 0.15) is 34.1 Å². The number of carboxylic acids is 1. The predicted molar refractivity (Wildman–Crippen MR) is 66.1 cm³/mol. The monoisotopic (exact) mass is 260 g/mol. The zero-order valence-corrected chi connectivity index (χ0v) is 10.0. The molecule has 0 bridgehead atoms. The van der Waals surface area contributed by atoms with Gasteiger partial charge in [0.2, 0.25) is 5.90 Å². The number of amides is 1. The highest BCUT2D eigenvalue weighted by atomic mass is 16.5. The average Bonchev–Trinajstić information content (AvgIpc) is 2.86. The van der Waals surface area contributed by atoms with Gasteiger partial charge in [0.05, 0.1) is 11.1 Å². The molecule has 0 unspecified atom stereocenters. The Bertz CT molecular complexity index is 592. The van der Waals surface area contributed by atoms with Gasteiger partial charge in [-0.2, -0.15) is 4.99 Å². The molecule has 1 aromatic carbocycles. The third-order valence-electron chi connectivity index (χ3n) is 2.34. The first-order valence-corrected chi connectivity index (χ1v) is 5.52. The standard InChI is InChI=1S/C12H10N3O4/c1-2-9-14-15-12(19-9)13-10(16)7-5-3-4-6-8(7)11(17)18/h3-6H,2H2,1H3,(H,17,18). The highest BCUT2D eigenvalue weighted by Gasteiger charge is 2.20. The molecule has 1 N–H and O–H groups in total. The molecule has 1 aromatic rings. The van der Waals surface area contributed by atoms with Crippen LogP contribution in [-0.2, 0) is 4.74 Å². The summed E-state index contributed by atoms with van der Waals surface area (Å²) >= 11 is 0. The van der Waals surface area contributed by atoms with Gasteiger partial charge in [-0.25, -0.2) is 4.79 Å². The van der Waals surface area contributed by atoms with E-state index in [4.69, 9.17) is 9.84 Å². The van der Waals surface area contributed by atoms with Crippen LogP contribution in [0.2, 0.25) is 0 Å². The number of ether oxygens (including phenoxy) is 1. The van der Waals surface area contributed by atoms with Gasteiger partial charge in [-0.05, 0) is 12.1 Å². The van der Waals surface area contributed by atoms with E-state index in [0.717, 1.165) is 0 Å². The fourth-order valence-corrected chi connectivity index (χ4v) is 1.44. The number of rotatable bonds is 3. The molecule has 0 aromatic heterocycles. The Labute approximate surface area is 108 Å². The van der Waals surface area contributed by atoms with Gasteiger partial charge in [-0.3, -0.25) is 4.79 Å². The minimum absolute atomic E-state index is 0.0220. The van der Waals surface area contributed by atoms with Gasteiger partial charge >= 0.3 is 12.0 Å². The molecule has 7 nitrogen and oxygen atoms in total. The van der Waals surface area contributed by atoms with Gasteiger partial charge in [-0.15, -0.1) is 5.10 Å². The summed E-state index contributed by atoms with van der Waals surface area (Å²) in [4.78, 5) is 26.5. The zero-order valence-electron chi connectivity index (χ0n) is 10.0. The second kappa shape index (κ2) is 5.30. The number of hydrogen-bond acceptors (Lipinski definition) is 4. The lowest BCUT2D eigenvalue weighted by molar-refractivity contribution is 0.0692. The molecule has 1 radical (unpaired) electrons. The second-order valence-electron chi connectivity index (χ2n) is 3.60. The van der Waals surface area contributed by atoms with Gasteiger partial charge in [0.25, 0.3) is 5.91 Å². The molecule has 1 aliphatic heterocycles. The van der Waals surface area contributed by atoms with Crippen molar-refractivity contribution in [2.75, 3.05) is 0 Å². The summed E-state index contributed by atoms with van der Waals surface area (Å²) in [5.41, 5.74) is 3.43. The van der Waals surface area contributed by atoms with Crippen molar-refractivity contribution in [2.45, 2.75) is 13.3 Å². The van der Waals surface area contributed by atoms with E-state index in [1.54, 1.807) is 6.07 Å². The number of aliphatic imine (C=N–C) groups is 1. The molecular weight excluding hydrogens is 250 g/mol. The van der Waals surface area contributed by atoms with Gasteiger partial charge in [0, 0.05) is 6.42 Å². The topological polar surface area (TPSA) is 102 Å². The average molecular weight is 260 g/mol. The maximum atomic E-state index is 11.9. The van der Waals surface area contributed by atoms with E-state index >= 15 is 0 Å². The van der Waals surface area contributed by atoms with Crippen molar-refractivity contribution in [1.29, 1.82) is 0 Å². The molecule has 97 valence electrons. The first kappa shape index (κ1) is 12.7. The van der Waals surface area contributed by atoms with Crippen LogP contribution in [0, 0.1) is 0 Å². The van der Waals surface area contributed by atoms with Crippen LogP contribution in [0.3, 0.4) is 0 Å². The molecule has 0 atom stereocenters. The molecule has 1 heterocycles. The summed E-state index contributed by atoms with van der Waals surface area (Å²) in [5, 5.41) is 12.6. The van der Waals surface area contributed by atoms with Crippen molar-refractivity contribution in [3.05, 3.63) is 35.4 Å². The van der Waals surface area contributed by atoms with Crippen molar-refractivity contribution in [2.24, 2.45) is 10.1 Å². The molecule has 0 fully saturated rings. The van der Waals surface area contributed by atoms with E-state index in [1.807, 2.05) is 6.92 Å². The van der Waals surface area contributed by atoms with Crippen LogP contribution in [-0.4, -0.2) is 28.9 Å². The fourth-order valence-electron chi connectivity index (χ4n) is 1.44. The summed E-state index contributed by atoms with van der Waals surface area (Å²) in [7, 11) is 0. The van der Waals surface area contributed by atoms with E-state index in [0.29, 0.717) is 12.3 Å². The molecule has 0 spiro atoms. The van der Waals surface area contributed by atoms with Crippen molar-refractivity contribution < 1.29 is 19.4 Å². The number of hydrogen-bond donors (Lipinski definition) is 1.